The van der Waals surface area contributed by atoms with Crippen molar-refractivity contribution in [2.75, 3.05) is 6.61 Å². The number of aromatic nitrogens is 2. The maximum atomic E-state index is 12.5. The third kappa shape index (κ3) is 4.58. The van der Waals surface area contributed by atoms with Crippen LogP contribution in [0.2, 0.25) is 0 Å². The van der Waals surface area contributed by atoms with E-state index >= 15 is 0 Å². The van der Waals surface area contributed by atoms with E-state index in [2.05, 4.69) is 34.1 Å². The Morgan fingerprint density at radius 1 is 0.848 bits per heavy atom. The maximum absolute atomic E-state index is 12.5. The van der Waals surface area contributed by atoms with Gasteiger partial charge in [0.25, 0.3) is 5.91 Å². The van der Waals surface area contributed by atoms with Crippen molar-refractivity contribution in [3.05, 3.63) is 108 Å². The lowest BCUT2D eigenvalue weighted by Gasteiger charge is -2.12. The van der Waals surface area contributed by atoms with E-state index < -0.39 is 0 Å². The van der Waals surface area contributed by atoms with Crippen LogP contribution in [-0.2, 0) is 13.1 Å². The molecule has 164 valence electrons. The van der Waals surface area contributed by atoms with Crippen LogP contribution in [-0.4, -0.2) is 22.1 Å². The number of rotatable bonds is 8. The molecule has 0 atom stereocenters. The third-order valence-corrected chi connectivity index (χ3v) is 5.71. The summed E-state index contributed by atoms with van der Waals surface area (Å²) in [6.45, 7) is 1.71. The van der Waals surface area contributed by atoms with E-state index in [0.717, 1.165) is 41.0 Å². The molecule has 5 nitrogen and oxygen atoms in total. The predicted molar refractivity (Wildman–Crippen MR) is 131 cm³/mol. The van der Waals surface area contributed by atoms with Gasteiger partial charge in [0.1, 0.15) is 11.6 Å². The number of aryl methyl sites for hydroxylation is 1. The zero-order valence-corrected chi connectivity index (χ0v) is 18.3. The summed E-state index contributed by atoms with van der Waals surface area (Å²) in [5, 5.41) is 5.30. The highest BCUT2D eigenvalue weighted by Crippen LogP contribution is 2.25. The molecule has 0 saturated carbocycles. The van der Waals surface area contributed by atoms with Gasteiger partial charge in [-0.05, 0) is 42.1 Å². The molecule has 1 N–H and O–H groups in total. The van der Waals surface area contributed by atoms with Crippen molar-refractivity contribution in [3.8, 4) is 5.75 Å². The highest BCUT2D eigenvalue weighted by Gasteiger charge is 2.12. The summed E-state index contributed by atoms with van der Waals surface area (Å²) in [6, 6.07) is 31.7. The molecule has 1 amide bonds. The van der Waals surface area contributed by atoms with Crippen molar-refractivity contribution >= 4 is 27.7 Å². The lowest BCUT2D eigenvalue weighted by molar-refractivity contribution is 0.0949. The number of hydrogen-bond acceptors (Lipinski definition) is 3. The van der Waals surface area contributed by atoms with E-state index in [9.17, 15) is 4.79 Å². The van der Waals surface area contributed by atoms with Gasteiger partial charge in [-0.1, -0.05) is 66.7 Å². The van der Waals surface area contributed by atoms with E-state index in [-0.39, 0.29) is 5.91 Å². The average Bonchev–Trinajstić information content (AvgIpc) is 3.23. The van der Waals surface area contributed by atoms with Crippen molar-refractivity contribution in [2.24, 2.45) is 0 Å². The summed E-state index contributed by atoms with van der Waals surface area (Å²) in [6.07, 6.45) is 0.823. The molecule has 0 saturated heterocycles. The first kappa shape index (κ1) is 20.8. The monoisotopic (exact) mass is 435 g/mol. The summed E-state index contributed by atoms with van der Waals surface area (Å²) in [5.74, 6) is 1.64. The molecular weight excluding hydrogens is 410 g/mol. The van der Waals surface area contributed by atoms with Crippen molar-refractivity contribution in [3.63, 3.8) is 0 Å². The summed E-state index contributed by atoms with van der Waals surface area (Å²) in [5.41, 5.74) is 2.63. The molecule has 0 spiro atoms. The van der Waals surface area contributed by atoms with Crippen LogP contribution in [0.3, 0.4) is 0 Å². The fraction of sp³-hybridized carbons (Fsp3) is 0.143. The molecule has 0 fully saturated rings. The predicted octanol–water partition coefficient (Wildman–Crippen LogP) is 5.59. The van der Waals surface area contributed by atoms with Crippen LogP contribution in [0, 0.1) is 0 Å². The van der Waals surface area contributed by atoms with Crippen molar-refractivity contribution < 1.29 is 9.53 Å². The zero-order chi connectivity index (χ0) is 22.5. The second-order valence-electron chi connectivity index (χ2n) is 7.90. The van der Waals surface area contributed by atoms with Crippen LogP contribution >= 0.6 is 0 Å². The largest absolute Gasteiger partial charge is 0.493 e. The number of carbonyl (C=O) groups excluding carboxylic acids is 1. The fourth-order valence-corrected chi connectivity index (χ4v) is 4.09. The van der Waals surface area contributed by atoms with Gasteiger partial charge in [0, 0.05) is 17.5 Å². The Bertz CT molecular complexity index is 1390. The number of carbonyl (C=O) groups is 1. The third-order valence-electron chi connectivity index (χ3n) is 5.71. The molecule has 0 bridgehead atoms. The number of hydrogen-bond donors (Lipinski definition) is 1. The normalized spacial score (nSPS) is 11.0. The van der Waals surface area contributed by atoms with Crippen LogP contribution in [0.25, 0.3) is 21.8 Å². The van der Waals surface area contributed by atoms with Crippen LogP contribution < -0.4 is 10.1 Å². The molecule has 1 aromatic heterocycles. The van der Waals surface area contributed by atoms with Gasteiger partial charge in [-0.2, -0.15) is 0 Å². The van der Waals surface area contributed by atoms with Crippen LogP contribution in [0.1, 0.15) is 22.6 Å². The number of amides is 1. The molecule has 0 aliphatic heterocycles. The first-order chi connectivity index (χ1) is 16.3. The van der Waals surface area contributed by atoms with Crippen LogP contribution in [0.15, 0.2) is 97.1 Å². The number of nitrogens with one attached hydrogen (secondary N) is 1. The molecule has 0 aliphatic carbocycles. The summed E-state index contributed by atoms with van der Waals surface area (Å²) in [4.78, 5) is 17.3. The highest BCUT2D eigenvalue weighted by atomic mass is 16.5. The minimum Gasteiger partial charge on any atom is -0.493 e. The first-order valence-electron chi connectivity index (χ1n) is 11.2. The lowest BCUT2D eigenvalue weighted by atomic mass is 10.1. The molecule has 5 heteroatoms. The second kappa shape index (κ2) is 9.57. The quantitative estimate of drug-likeness (QED) is 0.323. The maximum Gasteiger partial charge on any atom is 0.251 e. The van der Waals surface area contributed by atoms with E-state index in [4.69, 9.17) is 9.72 Å². The molecule has 0 aliphatic rings. The number of ether oxygens (including phenoxy) is 1. The van der Waals surface area contributed by atoms with Gasteiger partial charge in [0.15, 0.2) is 0 Å². The van der Waals surface area contributed by atoms with Gasteiger partial charge in [0.05, 0.1) is 24.2 Å². The standard InChI is InChI=1S/C28H25N3O2/c32-28(22-11-2-1-3-12-22)29-20-27-30-24-15-6-7-16-25(24)31(27)18-9-19-33-26-17-8-13-21-10-4-5-14-23(21)26/h1-8,10-17H,9,18-20H2,(H,29,32). The minimum absolute atomic E-state index is 0.103. The lowest BCUT2D eigenvalue weighted by Crippen LogP contribution is -2.24. The Hall–Kier alpha value is -4.12. The van der Waals surface area contributed by atoms with E-state index in [1.54, 1.807) is 0 Å². The smallest absolute Gasteiger partial charge is 0.251 e. The summed E-state index contributed by atoms with van der Waals surface area (Å²) >= 11 is 0. The fourth-order valence-electron chi connectivity index (χ4n) is 4.09. The Balaban J connectivity index is 1.27. The van der Waals surface area contributed by atoms with Crippen LogP contribution in [0.4, 0.5) is 0 Å². The molecule has 4 aromatic carbocycles. The molecule has 0 radical (unpaired) electrons. The van der Waals surface area contributed by atoms with E-state index in [1.807, 2.05) is 72.8 Å². The van der Waals surface area contributed by atoms with E-state index in [1.165, 1.54) is 5.39 Å². The summed E-state index contributed by atoms with van der Waals surface area (Å²) in [7, 11) is 0. The SMILES string of the molecule is O=C(NCc1nc2ccccc2n1CCCOc1cccc2ccccc12)c1ccccc1. The zero-order valence-electron chi connectivity index (χ0n) is 18.3. The second-order valence-corrected chi connectivity index (χ2v) is 7.90. The van der Waals surface area contributed by atoms with Gasteiger partial charge in [-0.15, -0.1) is 0 Å². The topological polar surface area (TPSA) is 56.2 Å². The van der Waals surface area contributed by atoms with Crippen LogP contribution in [0.5, 0.6) is 5.75 Å². The number of para-hydroxylation sites is 2. The van der Waals surface area contributed by atoms with Crippen molar-refractivity contribution in [2.45, 2.75) is 19.5 Å². The number of fused-ring (bicyclic) bond motifs is 2. The molecule has 5 aromatic rings. The Kier molecular flexibility index (Phi) is 6.02. The van der Waals surface area contributed by atoms with Gasteiger partial charge in [0.2, 0.25) is 0 Å². The Morgan fingerprint density at radius 3 is 2.52 bits per heavy atom. The molecule has 33 heavy (non-hydrogen) atoms. The first-order valence-corrected chi connectivity index (χ1v) is 11.2. The Labute approximate surface area is 192 Å². The number of nitrogens with zero attached hydrogens (tertiary/aromatic N) is 2. The molecule has 0 unspecified atom stereocenters. The number of imidazole rings is 1. The summed E-state index contributed by atoms with van der Waals surface area (Å²) < 4.78 is 8.30. The van der Waals surface area contributed by atoms with Gasteiger partial charge < -0.3 is 14.6 Å². The highest BCUT2D eigenvalue weighted by molar-refractivity contribution is 5.94. The molecule has 1 heterocycles. The van der Waals surface area contributed by atoms with Gasteiger partial charge in [-0.3, -0.25) is 4.79 Å². The van der Waals surface area contributed by atoms with Crippen molar-refractivity contribution in [1.82, 2.24) is 14.9 Å². The average molecular weight is 436 g/mol. The van der Waals surface area contributed by atoms with E-state index in [0.29, 0.717) is 18.7 Å². The minimum atomic E-state index is -0.103. The molecule has 5 rings (SSSR count). The molecular formula is C28H25N3O2. The van der Waals surface area contributed by atoms with Gasteiger partial charge >= 0.3 is 0 Å². The van der Waals surface area contributed by atoms with Crippen molar-refractivity contribution in [1.29, 1.82) is 0 Å². The van der Waals surface area contributed by atoms with Gasteiger partial charge in [-0.25, -0.2) is 4.98 Å². The Morgan fingerprint density at radius 2 is 1.61 bits per heavy atom. The number of benzene rings is 4.